The standard InChI is InChI=1S/C17H15N3O2.C2H6/c1-10-6-12-14(7-11(10)2)18-8-19-17(12)20-13-4-3-5-15-16(13)22-9-21-15;1-2/h3-8H,9H2,1-2H3,(H,18,19,20);1-2H3. The third kappa shape index (κ3) is 2.85. The van der Waals surface area contributed by atoms with Gasteiger partial charge in [-0.3, -0.25) is 0 Å². The number of hydrogen-bond acceptors (Lipinski definition) is 5. The number of fused-ring (bicyclic) bond motifs is 2. The first kappa shape index (κ1) is 16.1. The molecule has 5 nitrogen and oxygen atoms in total. The van der Waals surface area contributed by atoms with Gasteiger partial charge in [0, 0.05) is 5.39 Å². The third-order valence-electron chi connectivity index (χ3n) is 3.90. The minimum atomic E-state index is 0.247. The Balaban J connectivity index is 0.000000815. The van der Waals surface area contributed by atoms with Crippen LogP contribution in [0.2, 0.25) is 0 Å². The highest BCUT2D eigenvalue weighted by atomic mass is 16.7. The highest BCUT2D eigenvalue weighted by molar-refractivity contribution is 5.92. The van der Waals surface area contributed by atoms with Crippen molar-refractivity contribution in [2.75, 3.05) is 12.1 Å². The molecule has 0 saturated carbocycles. The summed E-state index contributed by atoms with van der Waals surface area (Å²) in [5.41, 5.74) is 4.19. The fourth-order valence-electron chi connectivity index (χ4n) is 2.57. The van der Waals surface area contributed by atoms with Crippen molar-refractivity contribution in [1.29, 1.82) is 0 Å². The molecule has 0 spiro atoms. The highest BCUT2D eigenvalue weighted by Gasteiger charge is 2.18. The number of hydrogen-bond donors (Lipinski definition) is 1. The average Bonchev–Trinajstić information content (AvgIpc) is 3.08. The summed E-state index contributed by atoms with van der Waals surface area (Å²) < 4.78 is 10.9. The number of para-hydroxylation sites is 1. The molecule has 0 unspecified atom stereocenters. The molecular weight excluding hydrogens is 302 g/mol. The first-order chi connectivity index (χ1) is 11.7. The lowest BCUT2D eigenvalue weighted by molar-refractivity contribution is 0.174. The predicted molar refractivity (Wildman–Crippen MR) is 96.2 cm³/mol. The van der Waals surface area contributed by atoms with Crippen LogP contribution in [0.1, 0.15) is 25.0 Å². The molecule has 0 atom stereocenters. The Bertz CT molecular complexity index is 878. The summed E-state index contributed by atoms with van der Waals surface area (Å²) >= 11 is 0. The van der Waals surface area contributed by atoms with Gasteiger partial charge >= 0.3 is 0 Å². The van der Waals surface area contributed by atoms with Crippen molar-refractivity contribution in [2.24, 2.45) is 0 Å². The molecule has 0 saturated heterocycles. The zero-order valence-corrected chi connectivity index (χ0v) is 14.4. The fourth-order valence-corrected chi connectivity index (χ4v) is 2.57. The number of aryl methyl sites for hydroxylation is 2. The van der Waals surface area contributed by atoms with Crippen LogP contribution in [-0.4, -0.2) is 16.8 Å². The Labute approximate surface area is 141 Å². The van der Waals surface area contributed by atoms with Crippen LogP contribution >= 0.6 is 0 Å². The largest absolute Gasteiger partial charge is 0.454 e. The summed E-state index contributed by atoms with van der Waals surface area (Å²) in [4.78, 5) is 8.73. The zero-order chi connectivity index (χ0) is 17.1. The summed E-state index contributed by atoms with van der Waals surface area (Å²) in [6, 6.07) is 9.94. The smallest absolute Gasteiger partial charge is 0.231 e. The maximum Gasteiger partial charge on any atom is 0.231 e. The molecule has 0 aliphatic carbocycles. The van der Waals surface area contributed by atoms with E-state index < -0.39 is 0 Å². The third-order valence-corrected chi connectivity index (χ3v) is 3.90. The fraction of sp³-hybridized carbons (Fsp3) is 0.263. The van der Waals surface area contributed by atoms with Crippen molar-refractivity contribution >= 4 is 22.4 Å². The number of ether oxygens (including phenoxy) is 2. The Morgan fingerprint density at radius 3 is 2.62 bits per heavy atom. The predicted octanol–water partition coefficient (Wildman–Crippen LogP) is 4.75. The van der Waals surface area contributed by atoms with Crippen LogP contribution in [0, 0.1) is 13.8 Å². The summed E-state index contributed by atoms with van der Waals surface area (Å²) in [6.07, 6.45) is 1.57. The van der Waals surface area contributed by atoms with Gasteiger partial charge in [0.1, 0.15) is 12.1 Å². The van der Waals surface area contributed by atoms with Gasteiger partial charge in [-0.15, -0.1) is 0 Å². The summed E-state index contributed by atoms with van der Waals surface area (Å²) in [6.45, 7) is 8.42. The minimum absolute atomic E-state index is 0.247. The maximum absolute atomic E-state index is 5.53. The van der Waals surface area contributed by atoms with E-state index in [9.17, 15) is 0 Å². The molecule has 1 aromatic heterocycles. The molecule has 2 heterocycles. The number of benzene rings is 2. The van der Waals surface area contributed by atoms with Crippen molar-refractivity contribution in [1.82, 2.24) is 9.97 Å². The molecule has 1 aliphatic heterocycles. The summed E-state index contributed by atoms with van der Waals surface area (Å²) in [7, 11) is 0. The highest BCUT2D eigenvalue weighted by Crippen LogP contribution is 2.40. The van der Waals surface area contributed by atoms with Crippen LogP contribution in [-0.2, 0) is 0 Å². The lowest BCUT2D eigenvalue weighted by Crippen LogP contribution is -1.99. The van der Waals surface area contributed by atoms with Crippen molar-refractivity contribution in [3.63, 3.8) is 0 Å². The van der Waals surface area contributed by atoms with Crippen LogP contribution in [0.15, 0.2) is 36.7 Å². The van der Waals surface area contributed by atoms with E-state index in [0.717, 1.165) is 33.9 Å². The quantitative estimate of drug-likeness (QED) is 0.738. The number of nitrogens with one attached hydrogen (secondary N) is 1. The van der Waals surface area contributed by atoms with E-state index in [-0.39, 0.29) is 6.79 Å². The molecule has 4 rings (SSSR count). The number of rotatable bonds is 2. The maximum atomic E-state index is 5.53. The van der Waals surface area contributed by atoms with Gasteiger partial charge < -0.3 is 14.8 Å². The van der Waals surface area contributed by atoms with E-state index >= 15 is 0 Å². The molecule has 5 heteroatoms. The topological polar surface area (TPSA) is 56.3 Å². The van der Waals surface area contributed by atoms with Crippen molar-refractivity contribution in [3.8, 4) is 11.5 Å². The lowest BCUT2D eigenvalue weighted by Gasteiger charge is -2.11. The van der Waals surface area contributed by atoms with Crippen LogP contribution in [0.25, 0.3) is 10.9 Å². The van der Waals surface area contributed by atoms with Crippen LogP contribution < -0.4 is 14.8 Å². The van der Waals surface area contributed by atoms with Crippen LogP contribution in [0.4, 0.5) is 11.5 Å². The molecule has 2 aromatic carbocycles. The molecular formula is C19H21N3O2. The van der Waals surface area contributed by atoms with Crippen LogP contribution in [0.3, 0.4) is 0 Å². The van der Waals surface area contributed by atoms with Gasteiger partial charge in [-0.1, -0.05) is 19.9 Å². The van der Waals surface area contributed by atoms with Crippen molar-refractivity contribution in [2.45, 2.75) is 27.7 Å². The molecule has 0 fully saturated rings. The second-order valence-electron chi connectivity index (χ2n) is 5.34. The molecule has 0 bridgehead atoms. The molecule has 1 N–H and O–H groups in total. The van der Waals surface area contributed by atoms with Gasteiger partial charge in [-0.2, -0.15) is 0 Å². The summed E-state index contributed by atoms with van der Waals surface area (Å²) in [5, 5.41) is 4.33. The molecule has 124 valence electrons. The molecule has 0 amide bonds. The van der Waals surface area contributed by atoms with E-state index in [1.54, 1.807) is 6.33 Å². The second-order valence-corrected chi connectivity index (χ2v) is 5.34. The first-order valence-electron chi connectivity index (χ1n) is 8.10. The Kier molecular flexibility index (Phi) is 4.51. The molecule has 1 aliphatic rings. The zero-order valence-electron chi connectivity index (χ0n) is 14.4. The Morgan fingerprint density at radius 1 is 1.00 bits per heavy atom. The number of nitrogens with zero attached hydrogens (tertiary/aromatic N) is 2. The van der Waals surface area contributed by atoms with Crippen molar-refractivity contribution in [3.05, 3.63) is 47.8 Å². The number of aromatic nitrogens is 2. The van der Waals surface area contributed by atoms with Crippen LogP contribution in [0.5, 0.6) is 11.5 Å². The van der Waals surface area contributed by atoms with Gasteiger partial charge in [0.25, 0.3) is 0 Å². The first-order valence-corrected chi connectivity index (χ1v) is 8.10. The van der Waals surface area contributed by atoms with Gasteiger partial charge in [-0.05, 0) is 49.2 Å². The Morgan fingerprint density at radius 2 is 1.79 bits per heavy atom. The molecule has 0 radical (unpaired) electrons. The van der Waals surface area contributed by atoms with E-state index in [2.05, 4.69) is 41.3 Å². The molecule has 3 aromatic rings. The lowest BCUT2D eigenvalue weighted by atomic mass is 10.1. The van der Waals surface area contributed by atoms with Crippen molar-refractivity contribution < 1.29 is 9.47 Å². The monoisotopic (exact) mass is 323 g/mol. The number of anilines is 2. The van der Waals surface area contributed by atoms with E-state index in [4.69, 9.17) is 9.47 Å². The SMILES string of the molecule is CC.Cc1cc2ncnc(Nc3cccc4c3OCO4)c2cc1C. The Hall–Kier alpha value is -2.82. The van der Waals surface area contributed by atoms with E-state index in [0.29, 0.717) is 0 Å². The van der Waals surface area contributed by atoms with Gasteiger partial charge in [0.15, 0.2) is 11.5 Å². The summed E-state index contributed by atoms with van der Waals surface area (Å²) in [5.74, 6) is 2.23. The van der Waals surface area contributed by atoms with Gasteiger partial charge in [-0.25, -0.2) is 9.97 Å². The second kappa shape index (κ2) is 6.74. The van der Waals surface area contributed by atoms with Gasteiger partial charge in [0.2, 0.25) is 6.79 Å². The van der Waals surface area contributed by atoms with E-state index in [1.165, 1.54) is 11.1 Å². The molecule has 24 heavy (non-hydrogen) atoms. The normalized spacial score (nSPS) is 11.8. The average molecular weight is 323 g/mol. The minimum Gasteiger partial charge on any atom is -0.454 e. The van der Waals surface area contributed by atoms with Gasteiger partial charge in [0.05, 0.1) is 11.2 Å². The van der Waals surface area contributed by atoms with E-state index in [1.807, 2.05) is 32.0 Å².